The summed E-state index contributed by atoms with van der Waals surface area (Å²) in [7, 11) is 0. The molecule has 1 aliphatic carbocycles. The van der Waals surface area contributed by atoms with Gasteiger partial charge in [0.15, 0.2) is 11.6 Å². The molecule has 6 nitrogen and oxygen atoms in total. The number of carbonyl (C=O) groups is 1. The van der Waals surface area contributed by atoms with Gasteiger partial charge in [-0.05, 0) is 76.8 Å². The van der Waals surface area contributed by atoms with Gasteiger partial charge >= 0.3 is 0 Å². The summed E-state index contributed by atoms with van der Waals surface area (Å²) < 4.78 is 20.4. The summed E-state index contributed by atoms with van der Waals surface area (Å²) in [6.45, 7) is 9.26. The van der Waals surface area contributed by atoms with Crippen LogP contribution in [-0.2, 0) is 0 Å². The zero-order valence-electron chi connectivity index (χ0n) is 18.2. The molecule has 0 atom stereocenters. The number of aromatic nitrogens is 1. The summed E-state index contributed by atoms with van der Waals surface area (Å²) in [4.78, 5) is 16.9. The van der Waals surface area contributed by atoms with Gasteiger partial charge in [-0.3, -0.25) is 4.79 Å². The number of aryl methyl sites for hydroxylation is 1. The number of nitrogens with zero attached hydrogens (tertiary/aromatic N) is 1. The number of anilines is 1. The minimum absolute atomic E-state index is 0.0254. The minimum atomic E-state index is -0.580. The smallest absolute Gasteiger partial charge is 0.254 e. The average molecular weight is 416 g/mol. The molecule has 1 aromatic heterocycles. The average Bonchev–Trinajstić information content (AvgIpc) is 3.46. The lowest BCUT2D eigenvalue weighted by Crippen LogP contribution is -2.35. The lowest BCUT2D eigenvalue weighted by atomic mass is 9.98. The summed E-state index contributed by atoms with van der Waals surface area (Å²) in [5.41, 5.74) is 1.58. The van der Waals surface area contributed by atoms with Gasteiger partial charge in [0.25, 0.3) is 5.91 Å². The van der Waals surface area contributed by atoms with Gasteiger partial charge in [-0.25, -0.2) is 9.37 Å². The van der Waals surface area contributed by atoms with Crippen LogP contribution in [0.25, 0.3) is 11.1 Å². The van der Waals surface area contributed by atoms with Crippen molar-refractivity contribution in [2.24, 2.45) is 0 Å². The quantitative estimate of drug-likeness (QED) is 0.606. The number of carbonyl (C=O) groups excluding carboxylic acids is 1. The molecule has 1 aromatic carbocycles. The van der Waals surface area contributed by atoms with E-state index in [1.54, 1.807) is 19.2 Å². The van der Waals surface area contributed by atoms with Crippen LogP contribution < -0.4 is 15.4 Å². The highest BCUT2D eigenvalue weighted by molar-refractivity contribution is 5.96. The molecule has 1 fully saturated rings. The van der Waals surface area contributed by atoms with Crippen molar-refractivity contribution in [3.63, 3.8) is 0 Å². The van der Waals surface area contributed by atoms with Gasteiger partial charge in [-0.1, -0.05) is 0 Å². The Morgan fingerprint density at radius 1 is 1.33 bits per heavy atom. The Labute approximate surface area is 176 Å². The van der Waals surface area contributed by atoms with Crippen LogP contribution in [0.2, 0.25) is 0 Å². The summed E-state index contributed by atoms with van der Waals surface area (Å²) in [6.07, 6.45) is 3.44. The van der Waals surface area contributed by atoms with Crippen molar-refractivity contribution in [2.45, 2.75) is 65.1 Å². The van der Waals surface area contributed by atoms with Crippen LogP contribution in [0.3, 0.4) is 0 Å². The molecule has 0 spiro atoms. The summed E-state index contributed by atoms with van der Waals surface area (Å²) in [5, 5.41) is 15.6. The molecule has 1 saturated carbocycles. The van der Waals surface area contributed by atoms with E-state index in [4.69, 9.17) is 4.74 Å². The molecule has 0 saturated heterocycles. The molecule has 3 N–H and O–H groups in total. The fraction of sp³-hybridized carbons (Fsp3) is 0.478. The van der Waals surface area contributed by atoms with E-state index in [2.05, 4.69) is 15.6 Å². The predicted octanol–water partition coefficient (Wildman–Crippen LogP) is 4.06. The Kier molecular flexibility index (Phi) is 6.31. The van der Waals surface area contributed by atoms with Crippen LogP contribution in [-0.4, -0.2) is 40.3 Å². The fourth-order valence-electron chi connectivity index (χ4n) is 3.04. The van der Waals surface area contributed by atoms with Crippen molar-refractivity contribution in [1.29, 1.82) is 0 Å². The molecule has 7 heteroatoms. The Hall–Kier alpha value is -2.67. The number of aliphatic hydroxyl groups is 1. The molecule has 1 amide bonds. The van der Waals surface area contributed by atoms with E-state index in [9.17, 15) is 14.3 Å². The second kappa shape index (κ2) is 8.60. The molecule has 162 valence electrons. The highest BCUT2D eigenvalue weighted by atomic mass is 19.1. The largest absolute Gasteiger partial charge is 0.487 e. The molecule has 3 rings (SSSR count). The van der Waals surface area contributed by atoms with Crippen LogP contribution >= 0.6 is 0 Å². The van der Waals surface area contributed by atoms with Crippen molar-refractivity contribution in [3.8, 4) is 16.9 Å². The van der Waals surface area contributed by atoms with Crippen molar-refractivity contribution in [3.05, 3.63) is 41.3 Å². The number of aliphatic hydroxyl groups excluding tert-OH is 1. The summed E-state index contributed by atoms with van der Waals surface area (Å²) in [5.74, 6) is 0.101. The van der Waals surface area contributed by atoms with Crippen molar-refractivity contribution >= 4 is 11.7 Å². The van der Waals surface area contributed by atoms with Crippen LogP contribution in [0.15, 0.2) is 24.4 Å². The molecule has 0 unspecified atom stereocenters. The van der Waals surface area contributed by atoms with Crippen LogP contribution in [0.5, 0.6) is 5.75 Å². The van der Waals surface area contributed by atoms with Crippen LogP contribution in [0, 0.1) is 12.7 Å². The minimum Gasteiger partial charge on any atom is -0.487 e. The number of pyridine rings is 1. The van der Waals surface area contributed by atoms with E-state index >= 15 is 0 Å². The number of ether oxygens (including phenoxy) is 1. The van der Waals surface area contributed by atoms with Gasteiger partial charge < -0.3 is 20.5 Å². The first-order chi connectivity index (χ1) is 14.1. The van der Waals surface area contributed by atoms with Crippen LogP contribution in [0.1, 0.15) is 56.5 Å². The first kappa shape index (κ1) is 22.0. The molecule has 1 heterocycles. The van der Waals surface area contributed by atoms with E-state index in [0.717, 1.165) is 18.4 Å². The third-order valence-electron chi connectivity index (χ3n) is 4.85. The Balaban J connectivity index is 2.00. The predicted molar refractivity (Wildman–Crippen MR) is 115 cm³/mol. The van der Waals surface area contributed by atoms with Crippen molar-refractivity contribution < 1.29 is 19.0 Å². The first-order valence-corrected chi connectivity index (χ1v) is 10.3. The number of amides is 1. The van der Waals surface area contributed by atoms with E-state index in [-0.39, 0.29) is 24.3 Å². The van der Waals surface area contributed by atoms with E-state index in [0.29, 0.717) is 22.7 Å². The fourth-order valence-corrected chi connectivity index (χ4v) is 3.04. The molecule has 1 aliphatic rings. The molecular weight excluding hydrogens is 385 g/mol. The number of hydrogen-bond donors (Lipinski definition) is 3. The van der Waals surface area contributed by atoms with Gasteiger partial charge in [0, 0.05) is 17.8 Å². The molecule has 0 radical (unpaired) electrons. The van der Waals surface area contributed by atoms with Gasteiger partial charge in [0.2, 0.25) is 0 Å². The summed E-state index contributed by atoms with van der Waals surface area (Å²) >= 11 is 0. The van der Waals surface area contributed by atoms with Gasteiger partial charge in [0.05, 0.1) is 23.8 Å². The van der Waals surface area contributed by atoms with Crippen molar-refractivity contribution in [2.75, 3.05) is 11.9 Å². The highest BCUT2D eigenvalue weighted by Gasteiger charge is 2.26. The SMILES string of the molecule is Cc1cc(F)c(C(=O)NC2CC2)cc1-c1cnc(NC(C)(C)CO)c(OC(C)C)c1. The molecule has 30 heavy (non-hydrogen) atoms. The maximum atomic E-state index is 14.5. The Morgan fingerprint density at radius 3 is 2.63 bits per heavy atom. The van der Waals surface area contributed by atoms with E-state index in [1.165, 1.54) is 6.07 Å². The molecule has 0 bridgehead atoms. The maximum Gasteiger partial charge on any atom is 0.254 e. The zero-order valence-corrected chi connectivity index (χ0v) is 18.2. The second-order valence-corrected chi connectivity index (χ2v) is 8.80. The maximum absolute atomic E-state index is 14.5. The van der Waals surface area contributed by atoms with Crippen LogP contribution in [0.4, 0.5) is 10.2 Å². The highest BCUT2D eigenvalue weighted by Crippen LogP contribution is 2.33. The zero-order chi connectivity index (χ0) is 22.1. The third kappa shape index (κ3) is 5.27. The standard InChI is InChI=1S/C23H30FN3O3/c1-13(2)30-20-9-15(11-25-21(20)27-23(4,5)12-28)17-10-18(19(24)8-14(17)3)22(29)26-16-6-7-16/h8-11,13,16,28H,6-7,12H2,1-5H3,(H,25,27)(H,26,29). The lowest BCUT2D eigenvalue weighted by Gasteiger charge is -2.26. The number of benzene rings is 1. The third-order valence-corrected chi connectivity index (χ3v) is 4.85. The molecule has 0 aliphatic heterocycles. The number of halogens is 1. The lowest BCUT2D eigenvalue weighted by molar-refractivity contribution is 0.0947. The number of rotatable bonds is 8. The molecular formula is C23H30FN3O3. The van der Waals surface area contributed by atoms with E-state index < -0.39 is 17.3 Å². The summed E-state index contributed by atoms with van der Waals surface area (Å²) in [6, 6.07) is 4.92. The van der Waals surface area contributed by atoms with Crippen molar-refractivity contribution in [1.82, 2.24) is 10.3 Å². The first-order valence-electron chi connectivity index (χ1n) is 10.3. The Bertz CT molecular complexity index is 940. The normalized spacial score (nSPS) is 14.0. The second-order valence-electron chi connectivity index (χ2n) is 8.80. The number of nitrogens with one attached hydrogen (secondary N) is 2. The van der Waals surface area contributed by atoms with Gasteiger partial charge in [0.1, 0.15) is 5.82 Å². The number of hydrogen-bond acceptors (Lipinski definition) is 5. The van der Waals surface area contributed by atoms with E-state index in [1.807, 2.05) is 33.8 Å². The van der Waals surface area contributed by atoms with Gasteiger partial charge in [-0.2, -0.15) is 0 Å². The molecule has 2 aromatic rings. The topological polar surface area (TPSA) is 83.5 Å². The Morgan fingerprint density at radius 2 is 2.03 bits per heavy atom. The monoisotopic (exact) mass is 415 g/mol. The van der Waals surface area contributed by atoms with Gasteiger partial charge in [-0.15, -0.1) is 0 Å².